The van der Waals surface area contributed by atoms with Crippen LogP contribution in [0.1, 0.15) is 31.9 Å². The Balaban J connectivity index is 2.58. The van der Waals surface area contributed by atoms with Gasteiger partial charge in [0.2, 0.25) is 0 Å². The first kappa shape index (κ1) is 10.4. The van der Waals surface area contributed by atoms with Crippen LogP contribution in [0.4, 0.5) is 0 Å². The van der Waals surface area contributed by atoms with Gasteiger partial charge in [0.15, 0.2) is 0 Å². The minimum atomic E-state index is -0.239. The summed E-state index contributed by atoms with van der Waals surface area (Å²) in [7, 11) is 0. The van der Waals surface area contributed by atoms with Crippen LogP contribution < -0.4 is 10.9 Å². The lowest BCUT2D eigenvalue weighted by Gasteiger charge is -2.24. The van der Waals surface area contributed by atoms with Gasteiger partial charge in [0.25, 0.3) is 5.56 Å². The van der Waals surface area contributed by atoms with E-state index in [4.69, 9.17) is 0 Å². The SMILES string of the molecule is CC(C)(C)n1ncc2c(c1=O)CCNC2. The van der Waals surface area contributed by atoms with Crippen LogP contribution in [-0.4, -0.2) is 16.3 Å². The third-order valence-electron chi connectivity index (χ3n) is 2.67. The summed E-state index contributed by atoms with van der Waals surface area (Å²) < 4.78 is 1.58. The monoisotopic (exact) mass is 207 g/mol. The topological polar surface area (TPSA) is 46.9 Å². The molecular formula is C11H17N3O. The molecule has 0 spiro atoms. The molecular weight excluding hydrogens is 190 g/mol. The van der Waals surface area contributed by atoms with E-state index in [-0.39, 0.29) is 11.1 Å². The molecule has 0 saturated heterocycles. The van der Waals surface area contributed by atoms with E-state index < -0.39 is 0 Å². The molecule has 0 amide bonds. The molecule has 1 N–H and O–H groups in total. The van der Waals surface area contributed by atoms with Gasteiger partial charge in [-0.2, -0.15) is 5.10 Å². The van der Waals surface area contributed by atoms with Crippen molar-refractivity contribution in [1.29, 1.82) is 0 Å². The number of aromatic nitrogens is 2. The van der Waals surface area contributed by atoms with Crippen molar-refractivity contribution in [1.82, 2.24) is 15.1 Å². The molecule has 4 nitrogen and oxygen atoms in total. The van der Waals surface area contributed by atoms with Gasteiger partial charge in [0, 0.05) is 12.1 Å². The van der Waals surface area contributed by atoms with Gasteiger partial charge < -0.3 is 5.32 Å². The van der Waals surface area contributed by atoms with E-state index in [1.165, 1.54) is 0 Å². The highest BCUT2D eigenvalue weighted by Gasteiger charge is 2.21. The largest absolute Gasteiger partial charge is 0.312 e. The minimum Gasteiger partial charge on any atom is -0.312 e. The van der Waals surface area contributed by atoms with Crippen LogP contribution >= 0.6 is 0 Å². The molecule has 82 valence electrons. The molecule has 0 unspecified atom stereocenters. The zero-order chi connectivity index (χ0) is 11.1. The summed E-state index contributed by atoms with van der Waals surface area (Å²) in [4.78, 5) is 12.1. The Morgan fingerprint density at radius 3 is 2.87 bits per heavy atom. The maximum Gasteiger partial charge on any atom is 0.270 e. The summed E-state index contributed by atoms with van der Waals surface area (Å²) >= 11 is 0. The third kappa shape index (κ3) is 1.81. The van der Waals surface area contributed by atoms with Crippen molar-refractivity contribution in [2.24, 2.45) is 0 Å². The lowest BCUT2D eigenvalue weighted by Crippen LogP contribution is -2.40. The van der Waals surface area contributed by atoms with Crippen LogP contribution in [0.5, 0.6) is 0 Å². The minimum absolute atomic E-state index is 0.0708. The fraction of sp³-hybridized carbons (Fsp3) is 0.636. The van der Waals surface area contributed by atoms with Crippen LogP contribution in [0.3, 0.4) is 0 Å². The molecule has 15 heavy (non-hydrogen) atoms. The van der Waals surface area contributed by atoms with E-state index in [2.05, 4.69) is 10.4 Å². The molecule has 0 aliphatic carbocycles. The third-order valence-corrected chi connectivity index (χ3v) is 2.67. The van der Waals surface area contributed by atoms with Crippen molar-refractivity contribution in [3.05, 3.63) is 27.7 Å². The number of hydrogen-bond acceptors (Lipinski definition) is 3. The number of rotatable bonds is 0. The fourth-order valence-electron chi connectivity index (χ4n) is 1.86. The van der Waals surface area contributed by atoms with Crippen LogP contribution in [0.25, 0.3) is 0 Å². The van der Waals surface area contributed by atoms with Crippen LogP contribution in [0.15, 0.2) is 11.0 Å². The first-order valence-electron chi connectivity index (χ1n) is 5.31. The molecule has 2 rings (SSSR count). The first-order chi connectivity index (χ1) is 7.00. The summed E-state index contributed by atoms with van der Waals surface area (Å²) in [5, 5.41) is 7.47. The highest BCUT2D eigenvalue weighted by atomic mass is 16.1. The number of fused-ring (bicyclic) bond motifs is 1. The van der Waals surface area contributed by atoms with Gasteiger partial charge in [-0.05, 0) is 39.3 Å². The van der Waals surface area contributed by atoms with E-state index in [1.807, 2.05) is 27.0 Å². The summed E-state index contributed by atoms with van der Waals surface area (Å²) in [5.41, 5.74) is 1.81. The van der Waals surface area contributed by atoms with Gasteiger partial charge >= 0.3 is 0 Å². The highest BCUT2D eigenvalue weighted by molar-refractivity contribution is 5.24. The Kier molecular flexibility index (Phi) is 2.38. The molecule has 4 heteroatoms. The van der Waals surface area contributed by atoms with Crippen LogP contribution in [-0.2, 0) is 18.5 Å². The molecule has 0 bridgehead atoms. The standard InChI is InChI=1S/C11H17N3O/c1-11(2,3)14-10(15)9-4-5-12-6-8(9)7-13-14/h7,12H,4-6H2,1-3H3. The predicted octanol–water partition coefficient (Wildman–Crippen LogP) is 0.644. The Morgan fingerprint density at radius 2 is 2.20 bits per heavy atom. The van der Waals surface area contributed by atoms with Gasteiger partial charge in [-0.3, -0.25) is 4.79 Å². The van der Waals surface area contributed by atoms with Crippen molar-refractivity contribution in [2.75, 3.05) is 6.54 Å². The van der Waals surface area contributed by atoms with Gasteiger partial charge in [0.1, 0.15) is 0 Å². The second-order valence-corrected chi connectivity index (χ2v) is 4.96. The van der Waals surface area contributed by atoms with Crippen molar-refractivity contribution in [3.63, 3.8) is 0 Å². The molecule has 0 aromatic carbocycles. The Bertz CT molecular complexity index is 428. The lowest BCUT2D eigenvalue weighted by atomic mass is 10.0. The smallest absolute Gasteiger partial charge is 0.270 e. The van der Waals surface area contributed by atoms with Gasteiger partial charge in [-0.15, -0.1) is 0 Å². The maximum absolute atomic E-state index is 12.1. The Labute approximate surface area is 89.3 Å². The summed E-state index contributed by atoms with van der Waals surface area (Å²) in [6, 6.07) is 0. The predicted molar refractivity (Wildman–Crippen MR) is 58.9 cm³/mol. The second kappa shape index (κ2) is 3.45. The quantitative estimate of drug-likeness (QED) is 0.679. The average molecular weight is 207 g/mol. The van der Waals surface area contributed by atoms with E-state index in [1.54, 1.807) is 4.68 Å². The van der Waals surface area contributed by atoms with Crippen molar-refractivity contribution in [3.8, 4) is 0 Å². The molecule has 1 aromatic heterocycles. The van der Waals surface area contributed by atoms with E-state index in [9.17, 15) is 4.79 Å². The number of hydrogen-bond donors (Lipinski definition) is 1. The van der Waals surface area contributed by atoms with E-state index in [0.29, 0.717) is 0 Å². The van der Waals surface area contributed by atoms with Crippen LogP contribution in [0.2, 0.25) is 0 Å². The first-order valence-corrected chi connectivity index (χ1v) is 5.31. The van der Waals surface area contributed by atoms with Crippen molar-refractivity contribution >= 4 is 0 Å². The molecule has 0 radical (unpaired) electrons. The molecule has 0 atom stereocenters. The molecule has 1 aliphatic heterocycles. The average Bonchev–Trinajstić information content (AvgIpc) is 2.16. The van der Waals surface area contributed by atoms with Crippen LogP contribution in [0, 0.1) is 0 Å². The zero-order valence-corrected chi connectivity index (χ0v) is 9.50. The lowest BCUT2D eigenvalue weighted by molar-refractivity contribution is 0.333. The van der Waals surface area contributed by atoms with Crippen molar-refractivity contribution < 1.29 is 0 Å². The molecule has 2 heterocycles. The van der Waals surface area contributed by atoms with Gasteiger partial charge in [0.05, 0.1) is 11.7 Å². The summed E-state index contributed by atoms with van der Waals surface area (Å²) in [6.45, 7) is 7.64. The maximum atomic E-state index is 12.1. The second-order valence-electron chi connectivity index (χ2n) is 4.96. The molecule has 1 aromatic rings. The fourth-order valence-corrected chi connectivity index (χ4v) is 1.86. The molecule has 0 saturated carbocycles. The van der Waals surface area contributed by atoms with Gasteiger partial charge in [-0.1, -0.05) is 0 Å². The number of nitrogens with zero attached hydrogens (tertiary/aromatic N) is 2. The highest BCUT2D eigenvalue weighted by Crippen LogP contribution is 2.12. The summed E-state index contributed by atoms with van der Waals surface area (Å²) in [5.74, 6) is 0. The Hall–Kier alpha value is -1.16. The molecule has 1 aliphatic rings. The number of nitrogens with one attached hydrogen (secondary N) is 1. The molecule has 0 fully saturated rings. The van der Waals surface area contributed by atoms with Crippen molar-refractivity contribution in [2.45, 2.75) is 39.3 Å². The van der Waals surface area contributed by atoms with E-state index >= 15 is 0 Å². The zero-order valence-electron chi connectivity index (χ0n) is 9.50. The normalized spacial score (nSPS) is 16.2. The Morgan fingerprint density at radius 1 is 1.47 bits per heavy atom. The summed E-state index contributed by atoms with van der Waals surface area (Å²) in [6.07, 6.45) is 2.63. The van der Waals surface area contributed by atoms with E-state index in [0.717, 1.165) is 30.6 Å². The van der Waals surface area contributed by atoms with Gasteiger partial charge in [-0.25, -0.2) is 4.68 Å².